The van der Waals surface area contributed by atoms with Crippen molar-refractivity contribution in [3.05, 3.63) is 55.7 Å². The van der Waals surface area contributed by atoms with Crippen LogP contribution in [0.4, 0.5) is 0 Å². The molecule has 0 aliphatic carbocycles. The van der Waals surface area contributed by atoms with Gasteiger partial charge in [0.1, 0.15) is 5.75 Å². The minimum atomic E-state index is -0.483. The first-order valence-corrected chi connectivity index (χ1v) is 6.89. The molecule has 0 radical (unpaired) electrons. The number of ether oxygens (including phenoxy) is 1. The normalized spacial score (nSPS) is 11.0. The topological polar surface area (TPSA) is 64.1 Å². The van der Waals surface area contributed by atoms with E-state index in [-0.39, 0.29) is 5.92 Å². The van der Waals surface area contributed by atoms with E-state index in [9.17, 15) is 9.59 Å². The van der Waals surface area contributed by atoms with Crippen molar-refractivity contribution in [1.29, 1.82) is 0 Å². The summed E-state index contributed by atoms with van der Waals surface area (Å²) in [7, 11) is 1.59. The van der Waals surface area contributed by atoms with Crippen molar-refractivity contribution in [3.63, 3.8) is 0 Å². The summed E-state index contributed by atoms with van der Waals surface area (Å²) in [6.45, 7) is 7.73. The molecule has 2 rings (SSSR count). The molecule has 1 aromatic heterocycles. The van der Waals surface area contributed by atoms with Gasteiger partial charge in [0.25, 0.3) is 5.56 Å². The maximum absolute atomic E-state index is 12.0. The Hall–Kier alpha value is -2.30. The van der Waals surface area contributed by atoms with E-state index >= 15 is 0 Å². The Kier molecular flexibility index (Phi) is 4.02. The Bertz CT molecular complexity index is 765. The molecule has 21 heavy (non-hydrogen) atoms. The summed E-state index contributed by atoms with van der Waals surface area (Å²) in [5.74, 6) is 0.861. The van der Waals surface area contributed by atoms with Gasteiger partial charge in [-0.1, -0.05) is 19.9 Å². The van der Waals surface area contributed by atoms with Crippen molar-refractivity contribution < 1.29 is 4.74 Å². The van der Waals surface area contributed by atoms with E-state index in [2.05, 4.69) is 4.98 Å². The van der Waals surface area contributed by atoms with Crippen LogP contribution in [0.3, 0.4) is 0 Å². The van der Waals surface area contributed by atoms with Gasteiger partial charge in [0.2, 0.25) is 5.88 Å². The summed E-state index contributed by atoms with van der Waals surface area (Å²) >= 11 is 0. The largest absolute Gasteiger partial charge is 0.440 e. The quantitative estimate of drug-likeness (QED) is 0.944. The maximum atomic E-state index is 12.0. The number of rotatable bonds is 3. The third-order valence-electron chi connectivity index (χ3n) is 3.29. The standard InChI is InChI=1S/C16H20N2O3/c1-9(2)13-14(19)17-16(20)18(5)15(13)21-12-7-10(3)6-11(4)8-12/h6-9H,1-5H3,(H,17,19,20). The molecule has 0 atom stereocenters. The first kappa shape index (κ1) is 15.1. The van der Waals surface area contributed by atoms with E-state index in [0.717, 1.165) is 11.1 Å². The number of benzene rings is 1. The molecule has 0 fully saturated rings. The van der Waals surface area contributed by atoms with Crippen LogP contribution < -0.4 is 16.0 Å². The molecule has 2 aromatic rings. The highest BCUT2D eigenvalue weighted by molar-refractivity contribution is 5.37. The third-order valence-corrected chi connectivity index (χ3v) is 3.29. The second kappa shape index (κ2) is 5.60. The van der Waals surface area contributed by atoms with Crippen molar-refractivity contribution in [1.82, 2.24) is 9.55 Å². The highest BCUT2D eigenvalue weighted by Gasteiger charge is 2.18. The Balaban J connectivity index is 2.63. The number of hydrogen-bond donors (Lipinski definition) is 1. The van der Waals surface area contributed by atoms with E-state index in [1.807, 2.05) is 45.9 Å². The van der Waals surface area contributed by atoms with Gasteiger partial charge in [-0.3, -0.25) is 14.3 Å². The lowest BCUT2D eigenvalue weighted by Gasteiger charge is -2.16. The Morgan fingerprint density at radius 2 is 1.67 bits per heavy atom. The van der Waals surface area contributed by atoms with Gasteiger partial charge in [0.15, 0.2) is 0 Å². The van der Waals surface area contributed by atoms with Crippen LogP contribution in [-0.4, -0.2) is 9.55 Å². The van der Waals surface area contributed by atoms with Crippen molar-refractivity contribution in [2.24, 2.45) is 7.05 Å². The zero-order valence-corrected chi connectivity index (χ0v) is 13.0. The first-order chi connectivity index (χ1) is 9.79. The van der Waals surface area contributed by atoms with E-state index in [1.165, 1.54) is 4.57 Å². The highest BCUT2D eigenvalue weighted by atomic mass is 16.5. The predicted molar refractivity (Wildman–Crippen MR) is 82.4 cm³/mol. The minimum Gasteiger partial charge on any atom is -0.440 e. The van der Waals surface area contributed by atoms with Crippen molar-refractivity contribution in [2.75, 3.05) is 0 Å². The van der Waals surface area contributed by atoms with Gasteiger partial charge in [-0.15, -0.1) is 0 Å². The Morgan fingerprint density at radius 3 is 2.19 bits per heavy atom. The molecule has 5 heteroatoms. The fourth-order valence-corrected chi connectivity index (χ4v) is 2.35. The van der Waals surface area contributed by atoms with Gasteiger partial charge in [0, 0.05) is 7.05 Å². The van der Waals surface area contributed by atoms with Crippen LogP contribution in [0.2, 0.25) is 0 Å². The molecule has 0 spiro atoms. The molecule has 0 aliphatic heterocycles. The van der Waals surface area contributed by atoms with Crippen molar-refractivity contribution >= 4 is 0 Å². The van der Waals surface area contributed by atoms with E-state index < -0.39 is 11.2 Å². The fraction of sp³-hybridized carbons (Fsp3) is 0.375. The van der Waals surface area contributed by atoms with Crippen LogP contribution in [0.5, 0.6) is 11.6 Å². The number of nitrogens with one attached hydrogen (secondary N) is 1. The zero-order chi connectivity index (χ0) is 15.7. The molecule has 0 amide bonds. The lowest BCUT2D eigenvalue weighted by atomic mass is 10.1. The number of aryl methyl sites for hydroxylation is 2. The predicted octanol–water partition coefficient (Wildman–Crippen LogP) is 2.61. The van der Waals surface area contributed by atoms with Crippen LogP contribution in [0.25, 0.3) is 0 Å². The lowest BCUT2D eigenvalue weighted by Crippen LogP contribution is -2.32. The van der Waals surface area contributed by atoms with E-state index in [4.69, 9.17) is 4.74 Å². The van der Waals surface area contributed by atoms with Gasteiger partial charge < -0.3 is 4.74 Å². The monoisotopic (exact) mass is 288 g/mol. The van der Waals surface area contributed by atoms with Crippen LogP contribution in [-0.2, 0) is 7.05 Å². The number of aromatic amines is 1. The van der Waals surface area contributed by atoms with Gasteiger partial charge in [-0.05, 0) is 43.0 Å². The molecule has 1 heterocycles. The second-order valence-electron chi connectivity index (χ2n) is 5.62. The molecule has 0 bridgehead atoms. The summed E-state index contributed by atoms with van der Waals surface area (Å²) in [6, 6.07) is 5.79. The van der Waals surface area contributed by atoms with Crippen molar-refractivity contribution in [2.45, 2.75) is 33.6 Å². The first-order valence-electron chi connectivity index (χ1n) is 6.89. The molecule has 1 N–H and O–H groups in total. The van der Waals surface area contributed by atoms with Gasteiger partial charge in [-0.2, -0.15) is 0 Å². The molecule has 0 saturated heterocycles. The highest BCUT2D eigenvalue weighted by Crippen LogP contribution is 2.27. The van der Waals surface area contributed by atoms with Crippen molar-refractivity contribution in [3.8, 4) is 11.6 Å². The average molecular weight is 288 g/mol. The van der Waals surface area contributed by atoms with Gasteiger partial charge >= 0.3 is 5.69 Å². The van der Waals surface area contributed by atoms with Crippen LogP contribution in [0.1, 0.15) is 36.5 Å². The molecule has 5 nitrogen and oxygen atoms in total. The smallest absolute Gasteiger partial charge is 0.330 e. The summed E-state index contributed by atoms with van der Waals surface area (Å²) in [4.78, 5) is 26.1. The molecule has 0 saturated carbocycles. The number of hydrogen-bond acceptors (Lipinski definition) is 3. The van der Waals surface area contributed by atoms with Crippen LogP contribution >= 0.6 is 0 Å². The van der Waals surface area contributed by atoms with Gasteiger partial charge in [-0.25, -0.2) is 4.79 Å². The average Bonchev–Trinajstić information content (AvgIpc) is 2.33. The Morgan fingerprint density at radius 1 is 1.10 bits per heavy atom. The molecular weight excluding hydrogens is 268 g/mol. The molecule has 0 unspecified atom stereocenters. The molecule has 0 aliphatic rings. The Labute approximate surface area is 123 Å². The van der Waals surface area contributed by atoms with Crippen LogP contribution in [0, 0.1) is 13.8 Å². The fourth-order valence-electron chi connectivity index (χ4n) is 2.35. The maximum Gasteiger partial charge on any atom is 0.330 e. The van der Waals surface area contributed by atoms with Crippen LogP contribution in [0.15, 0.2) is 27.8 Å². The number of nitrogens with zero attached hydrogens (tertiary/aromatic N) is 1. The summed E-state index contributed by atoms with van der Waals surface area (Å²) in [5.41, 5.74) is 1.71. The SMILES string of the molecule is Cc1cc(C)cc(Oc2c(C(C)C)c(=O)[nH]c(=O)n2C)c1. The summed E-state index contributed by atoms with van der Waals surface area (Å²) in [6.07, 6.45) is 0. The lowest BCUT2D eigenvalue weighted by molar-refractivity contribution is 0.418. The number of H-pyrrole nitrogens is 1. The summed E-state index contributed by atoms with van der Waals surface area (Å²) < 4.78 is 7.20. The second-order valence-corrected chi connectivity index (χ2v) is 5.62. The summed E-state index contributed by atoms with van der Waals surface area (Å²) in [5, 5.41) is 0. The zero-order valence-electron chi connectivity index (χ0n) is 13.0. The number of aromatic nitrogens is 2. The molecule has 1 aromatic carbocycles. The molecular formula is C16H20N2O3. The van der Waals surface area contributed by atoms with E-state index in [0.29, 0.717) is 17.2 Å². The van der Waals surface area contributed by atoms with Gasteiger partial charge in [0.05, 0.1) is 5.56 Å². The third kappa shape index (κ3) is 3.07. The molecule has 112 valence electrons. The van der Waals surface area contributed by atoms with E-state index in [1.54, 1.807) is 7.05 Å². The minimum absolute atomic E-state index is 0.0542.